The number of nitrogens with zero attached hydrogens (tertiary/aromatic N) is 2. The van der Waals surface area contributed by atoms with Gasteiger partial charge in [0.25, 0.3) is 0 Å². The molecular weight excluding hydrogens is 244 g/mol. The molecule has 0 aromatic rings. The molecule has 1 saturated heterocycles. The number of carboxylic acids is 1. The average Bonchev–Trinajstić information content (AvgIpc) is 2.43. The van der Waals surface area contributed by atoms with Crippen LogP contribution in [-0.2, 0) is 4.79 Å². The van der Waals surface area contributed by atoms with E-state index >= 15 is 0 Å². The second-order valence-electron chi connectivity index (χ2n) is 5.52. The van der Waals surface area contributed by atoms with Crippen molar-refractivity contribution in [1.82, 2.24) is 9.80 Å². The molecular formula is C14H26N2O3. The van der Waals surface area contributed by atoms with E-state index in [-0.39, 0.29) is 6.03 Å². The van der Waals surface area contributed by atoms with E-state index in [1.54, 1.807) is 16.8 Å². The molecule has 5 nitrogen and oxygen atoms in total. The smallest absolute Gasteiger partial charge is 0.319 e. The summed E-state index contributed by atoms with van der Waals surface area (Å²) in [6.07, 6.45) is 4.04. The molecule has 110 valence electrons. The van der Waals surface area contributed by atoms with Crippen molar-refractivity contribution in [3.8, 4) is 0 Å². The lowest BCUT2D eigenvalue weighted by Crippen LogP contribution is -2.52. The highest BCUT2D eigenvalue weighted by Crippen LogP contribution is 2.34. The highest BCUT2D eigenvalue weighted by molar-refractivity contribution is 5.78. The van der Waals surface area contributed by atoms with Gasteiger partial charge in [-0.15, -0.1) is 0 Å². The Morgan fingerprint density at radius 3 is 2.58 bits per heavy atom. The molecule has 2 amide bonds. The van der Waals surface area contributed by atoms with Crippen LogP contribution in [-0.4, -0.2) is 53.6 Å². The van der Waals surface area contributed by atoms with E-state index in [9.17, 15) is 14.7 Å². The zero-order valence-electron chi connectivity index (χ0n) is 12.3. The third-order valence-electron chi connectivity index (χ3n) is 4.15. The van der Waals surface area contributed by atoms with Crippen LogP contribution in [0.3, 0.4) is 0 Å². The molecule has 1 N–H and O–H groups in total. The number of hydrogen-bond donors (Lipinski definition) is 1. The highest BCUT2D eigenvalue weighted by Gasteiger charge is 2.42. The second kappa shape index (κ2) is 6.78. The number of rotatable bonds is 5. The quantitative estimate of drug-likeness (QED) is 0.834. The molecule has 19 heavy (non-hydrogen) atoms. The van der Waals surface area contributed by atoms with Crippen molar-refractivity contribution < 1.29 is 14.7 Å². The number of carbonyl (C=O) groups excluding carboxylic acids is 1. The van der Waals surface area contributed by atoms with E-state index in [1.807, 2.05) is 6.92 Å². The number of hydrogen-bond acceptors (Lipinski definition) is 2. The number of urea groups is 1. The Balaban J connectivity index is 2.68. The van der Waals surface area contributed by atoms with E-state index in [1.165, 1.54) is 0 Å². The van der Waals surface area contributed by atoms with Gasteiger partial charge in [0.1, 0.15) is 0 Å². The Morgan fingerprint density at radius 1 is 1.37 bits per heavy atom. The molecule has 1 aliphatic heterocycles. The third-order valence-corrected chi connectivity index (χ3v) is 4.15. The SMILES string of the molecule is CCCCN(C)C(=O)N1CCCC(CC)(C(=O)O)C1. The molecule has 0 saturated carbocycles. The number of amides is 2. The molecule has 1 fully saturated rings. The van der Waals surface area contributed by atoms with Gasteiger partial charge in [0.2, 0.25) is 0 Å². The number of carbonyl (C=O) groups is 2. The fourth-order valence-electron chi connectivity index (χ4n) is 2.64. The fraction of sp³-hybridized carbons (Fsp3) is 0.857. The Morgan fingerprint density at radius 2 is 2.05 bits per heavy atom. The van der Waals surface area contributed by atoms with Crippen molar-refractivity contribution in [1.29, 1.82) is 0 Å². The van der Waals surface area contributed by atoms with E-state index in [0.717, 1.165) is 25.8 Å². The van der Waals surface area contributed by atoms with Crippen molar-refractivity contribution in [2.75, 3.05) is 26.7 Å². The molecule has 0 aromatic heterocycles. The maximum atomic E-state index is 12.3. The van der Waals surface area contributed by atoms with Crippen LogP contribution in [0.15, 0.2) is 0 Å². The molecule has 1 atom stereocenters. The second-order valence-corrected chi connectivity index (χ2v) is 5.52. The van der Waals surface area contributed by atoms with Gasteiger partial charge in [-0.1, -0.05) is 20.3 Å². The summed E-state index contributed by atoms with van der Waals surface area (Å²) in [6.45, 7) is 5.73. The van der Waals surface area contributed by atoms with Crippen LogP contribution in [0.1, 0.15) is 46.0 Å². The van der Waals surface area contributed by atoms with Crippen LogP contribution in [0, 0.1) is 5.41 Å². The molecule has 1 aliphatic rings. The van der Waals surface area contributed by atoms with E-state index in [4.69, 9.17) is 0 Å². The standard InChI is InChI=1S/C14H26N2O3/c1-4-6-9-15(3)13(19)16-10-7-8-14(5-2,11-16)12(17)18/h4-11H2,1-3H3,(H,17,18). The Kier molecular flexibility index (Phi) is 5.63. The maximum absolute atomic E-state index is 12.3. The summed E-state index contributed by atoms with van der Waals surface area (Å²) < 4.78 is 0. The lowest BCUT2D eigenvalue weighted by atomic mass is 9.78. The van der Waals surface area contributed by atoms with E-state index in [2.05, 4.69) is 6.92 Å². The monoisotopic (exact) mass is 270 g/mol. The topological polar surface area (TPSA) is 60.9 Å². The van der Waals surface area contributed by atoms with Crippen LogP contribution >= 0.6 is 0 Å². The normalized spacial score (nSPS) is 23.2. The molecule has 1 unspecified atom stereocenters. The Labute approximate surface area is 115 Å². The summed E-state index contributed by atoms with van der Waals surface area (Å²) in [5.74, 6) is -0.774. The number of carboxylic acid groups (broad SMARTS) is 1. The van der Waals surface area contributed by atoms with Gasteiger partial charge < -0.3 is 14.9 Å². The van der Waals surface area contributed by atoms with Crippen LogP contribution in [0.4, 0.5) is 4.79 Å². The number of likely N-dealkylation sites (tertiary alicyclic amines) is 1. The van der Waals surface area contributed by atoms with Gasteiger partial charge in [-0.25, -0.2) is 4.79 Å². The molecule has 0 aliphatic carbocycles. The van der Waals surface area contributed by atoms with Gasteiger partial charge in [-0.05, 0) is 25.7 Å². The third kappa shape index (κ3) is 3.61. The van der Waals surface area contributed by atoms with Crippen molar-refractivity contribution in [3.05, 3.63) is 0 Å². The van der Waals surface area contributed by atoms with Gasteiger partial charge >= 0.3 is 12.0 Å². The van der Waals surface area contributed by atoms with E-state index in [0.29, 0.717) is 25.9 Å². The number of unbranched alkanes of at least 4 members (excludes halogenated alkanes) is 1. The van der Waals surface area contributed by atoms with Gasteiger partial charge in [0, 0.05) is 26.7 Å². The van der Waals surface area contributed by atoms with Crippen LogP contribution in [0.25, 0.3) is 0 Å². The average molecular weight is 270 g/mol. The first-order chi connectivity index (χ1) is 8.96. The largest absolute Gasteiger partial charge is 0.481 e. The minimum atomic E-state index is -0.774. The van der Waals surface area contributed by atoms with Crippen LogP contribution in [0.2, 0.25) is 0 Å². The van der Waals surface area contributed by atoms with Gasteiger partial charge in [0.15, 0.2) is 0 Å². The van der Waals surface area contributed by atoms with Crippen molar-refractivity contribution in [2.45, 2.75) is 46.0 Å². The summed E-state index contributed by atoms with van der Waals surface area (Å²) in [6, 6.07) is -0.0350. The molecule has 1 rings (SSSR count). The minimum absolute atomic E-state index is 0.0350. The molecule has 5 heteroatoms. The predicted molar refractivity (Wildman–Crippen MR) is 74.1 cm³/mol. The van der Waals surface area contributed by atoms with E-state index < -0.39 is 11.4 Å². The van der Waals surface area contributed by atoms with Gasteiger partial charge in [-0.3, -0.25) is 4.79 Å². The van der Waals surface area contributed by atoms with Crippen LogP contribution in [0.5, 0.6) is 0 Å². The molecule has 0 bridgehead atoms. The number of aliphatic carboxylic acids is 1. The van der Waals surface area contributed by atoms with Crippen LogP contribution < -0.4 is 0 Å². The molecule has 0 radical (unpaired) electrons. The predicted octanol–water partition coefficient (Wildman–Crippen LogP) is 2.42. The molecule has 0 aromatic carbocycles. The minimum Gasteiger partial charge on any atom is -0.481 e. The first-order valence-electron chi connectivity index (χ1n) is 7.20. The lowest BCUT2D eigenvalue weighted by molar-refractivity contribution is -0.152. The van der Waals surface area contributed by atoms with Gasteiger partial charge in [0.05, 0.1) is 5.41 Å². The fourth-order valence-corrected chi connectivity index (χ4v) is 2.64. The summed E-state index contributed by atoms with van der Waals surface area (Å²) in [4.78, 5) is 27.2. The van der Waals surface area contributed by atoms with Crippen molar-refractivity contribution in [2.24, 2.45) is 5.41 Å². The summed E-state index contributed by atoms with van der Waals surface area (Å²) in [5.41, 5.74) is -0.750. The Bertz CT molecular complexity index is 333. The first kappa shape index (κ1) is 15.8. The number of piperidine rings is 1. The Hall–Kier alpha value is -1.26. The molecule has 1 heterocycles. The zero-order valence-corrected chi connectivity index (χ0v) is 12.3. The summed E-state index contributed by atoms with van der Waals surface area (Å²) >= 11 is 0. The summed E-state index contributed by atoms with van der Waals surface area (Å²) in [7, 11) is 1.79. The van der Waals surface area contributed by atoms with Crippen molar-refractivity contribution >= 4 is 12.0 Å². The highest BCUT2D eigenvalue weighted by atomic mass is 16.4. The summed E-state index contributed by atoms with van der Waals surface area (Å²) in [5, 5.41) is 9.42. The lowest BCUT2D eigenvalue weighted by Gasteiger charge is -2.40. The zero-order chi connectivity index (χ0) is 14.5. The first-order valence-corrected chi connectivity index (χ1v) is 7.20. The van der Waals surface area contributed by atoms with Gasteiger partial charge in [-0.2, -0.15) is 0 Å². The molecule has 0 spiro atoms. The maximum Gasteiger partial charge on any atom is 0.319 e. The van der Waals surface area contributed by atoms with Crippen molar-refractivity contribution in [3.63, 3.8) is 0 Å².